The van der Waals surface area contributed by atoms with Gasteiger partial charge in [-0.25, -0.2) is 4.39 Å². The van der Waals surface area contributed by atoms with E-state index in [9.17, 15) is 14.0 Å². The van der Waals surface area contributed by atoms with E-state index in [0.717, 1.165) is 17.2 Å². The number of amides is 1. The molecule has 0 atom stereocenters. The van der Waals surface area contributed by atoms with Gasteiger partial charge in [0.05, 0.1) is 10.8 Å². The Morgan fingerprint density at radius 3 is 2.56 bits per heavy atom. The Balaban J connectivity index is 1.80. The Labute approximate surface area is 154 Å². The van der Waals surface area contributed by atoms with E-state index >= 15 is 0 Å². The average molecular weight is 361 g/mol. The van der Waals surface area contributed by atoms with Crippen LogP contribution in [0.4, 0.5) is 10.1 Å². The monoisotopic (exact) mass is 361 g/mol. The molecule has 134 valence electrons. The van der Waals surface area contributed by atoms with Gasteiger partial charge in [0.2, 0.25) is 5.43 Å². The van der Waals surface area contributed by atoms with Crippen LogP contribution in [0.5, 0.6) is 0 Å². The number of hydrogen-bond acceptors (Lipinski definition) is 3. The summed E-state index contributed by atoms with van der Waals surface area (Å²) in [5.74, 6) is -0.923. The van der Waals surface area contributed by atoms with E-state index in [0.29, 0.717) is 27.6 Å². The van der Waals surface area contributed by atoms with Crippen LogP contribution in [0, 0.1) is 19.7 Å². The summed E-state index contributed by atoms with van der Waals surface area (Å²) in [5, 5.41) is 3.67. The first-order chi connectivity index (χ1) is 12.9. The van der Waals surface area contributed by atoms with E-state index in [1.807, 2.05) is 19.9 Å². The highest BCUT2D eigenvalue weighted by Gasteiger charge is 2.13. The minimum absolute atomic E-state index is 0.114. The quantitative estimate of drug-likeness (QED) is 0.514. The van der Waals surface area contributed by atoms with Crippen LogP contribution in [-0.4, -0.2) is 5.91 Å². The number of nitrogens with one attached hydrogen (secondary N) is 1. The second-order valence-electron chi connectivity index (χ2n) is 6.49. The van der Waals surface area contributed by atoms with Gasteiger partial charge in [-0.15, -0.1) is 0 Å². The molecule has 0 aliphatic heterocycles. The van der Waals surface area contributed by atoms with Gasteiger partial charge in [-0.2, -0.15) is 0 Å². The van der Waals surface area contributed by atoms with Crippen molar-refractivity contribution in [2.24, 2.45) is 0 Å². The predicted octanol–water partition coefficient (Wildman–Crippen LogP) is 4.95. The molecule has 1 N–H and O–H groups in total. The molecule has 4 rings (SSSR count). The molecule has 0 saturated heterocycles. The fraction of sp³-hybridized carbons (Fsp3) is 0.0909. The zero-order valence-electron chi connectivity index (χ0n) is 14.8. The zero-order valence-corrected chi connectivity index (χ0v) is 14.8. The summed E-state index contributed by atoms with van der Waals surface area (Å²) in [5.41, 5.74) is 3.42. The normalized spacial score (nSPS) is 11.1. The molecular formula is C22H16FNO3. The van der Waals surface area contributed by atoms with E-state index < -0.39 is 11.7 Å². The van der Waals surface area contributed by atoms with Crippen molar-refractivity contribution in [2.45, 2.75) is 13.8 Å². The lowest BCUT2D eigenvalue weighted by Gasteiger charge is -2.09. The van der Waals surface area contributed by atoms with Gasteiger partial charge in [0.15, 0.2) is 0 Å². The van der Waals surface area contributed by atoms with Crippen molar-refractivity contribution in [3.63, 3.8) is 0 Å². The molecule has 0 fully saturated rings. The third-order valence-corrected chi connectivity index (χ3v) is 4.70. The van der Waals surface area contributed by atoms with Crippen molar-refractivity contribution >= 4 is 33.5 Å². The predicted molar refractivity (Wildman–Crippen MR) is 104 cm³/mol. The van der Waals surface area contributed by atoms with Crippen LogP contribution in [0.25, 0.3) is 21.9 Å². The number of anilines is 1. The van der Waals surface area contributed by atoms with Crippen LogP contribution < -0.4 is 10.7 Å². The van der Waals surface area contributed by atoms with Gasteiger partial charge in [-0.3, -0.25) is 9.59 Å². The fourth-order valence-corrected chi connectivity index (χ4v) is 3.06. The Morgan fingerprint density at radius 2 is 1.78 bits per heavy atom. The summed E-state index contributed by atoms with van der Waals surface area (Å²) < 4.78 is 19.3. The number of aryl methyl sites for hydroxylation is 2. The number of halogens is 1. The Morgan fingerprint density at radius 1 is 1.00 bits per heavy atom. The molecule has 0 bridgehead atoms. The maximum atomic E-state index is 13.3. The molecule has 3 aromatic carbocycles. The van der Waals surface area contributed by atoms with Gasteiger partial charge < -0.3 is 9.73 Å². The molecule has 0 unspecified atom stereocenters. The van der Waals surface area contributed by atoms with Crippen molar-refractivity contribution in [1.82, 2.24) is 0 Å². The van der Waals surface area contributed by atoms with Crippen molar-refractivity contribution in [3.05, 3.63) is 87.3 Å². The summed E-state index contributed by atoms with van der Waals surface area (Å²) in [6.45, 7) is 3.86. The zero-order chi connectivity index (χ0) is 19.1. The Bertz CT molecular complexity index is 1270. The van der Waals surface area contributed by atoms with Crippen LogP contribution in [-0.2, 0) is 0 Å². The third-order valence-electron chi connectivity index (χ3n) is 4.70. The van der Waals surface area contributed by atoms with Crippen LogP contribution in [0.2, 0.25) is 0 Å². The molecule has 5 heteroatoms. The van der Waals surface area contributed by atoms with Crippen LogP contribution >= 0.6 is 0 Å². The third kappa shape index (κ3) is 2.97. The average Bonchev–Trinajstić information content (AvgIpc) is 2.65. The molecule has 0 aliphatic carbocycles. The summed E-state index contributed by atoms with van der Waals surface area (Å²) in [6, 6.07) is 14.0. The van der Waals surface area contributed by atoms with Crippen LogP contribution in [0.15, 0.2) is 63.8 Å². The van der Waals surface area contributed by atoms with Crippen LogP contribution in [0.3, 0.4) is 0 Å². The highest BCUT2D eigenvalue weighted by atomic mass is 19.1. The number of benzene rings is 3. The van der Waals surface area contributed by atoms with E-state index in [2.05, 4.69) is 5.32 Å². The van der Waals surface area contributed by atoms with Gasteiger partial charge in [-0.05, 0) is 61.4 Å². The highest BCUT2D eigenvalue weighted by molar-refractivity contribution is 6.05. The topological polar surface area (TPSA) is 59.3 Å². The van der Waals surface area contributed by atoms with Crippen molar-refractivity contribution in [1.29, 1.82) is 0 Å². The maximum absolute atomic E-state index is 13.3. The van der Waals surface area contributed by atoms with E-state index in [4.69, 9.17) is 4.42 Å². The first-order valence-electron chi connectivity index (χ1n) is 8.48. The largest absolute Gasteiger partial charge is 0.455 e. The molecule has 1 heterocycles. The van der Waals surface area contributed by atoms with Crippen molar-refractivity contribution in [3.8, 4) is 0 Å². The van der Waals surface area contributed by atoms with Gasteiger partial charge in [-0.1, -0.05) is 12.1 Å². The molecule has 1 aromatic heterocycles. The first kappa shape index (κ1) is 17.0. The summed E-state index contributed by atoms with van der Waals surface area (Å²) in [7, 11) is 0. The number of carbonyl (C=O) groups excluding carboxylic acids is 1. The number of fused-ring (bicyclic) bond motifs is 2. The molecule has 0 saturated carbocycles. The van der Waals surface area contributed by atoms with E-state index in [1.54, 1.807) is 24.3 Å². The molecular weight excluding hydrogens is 345 g/mol. The van der Waals surface area contributed by atoms with Crippen LogP contribution in [0.1, 0.15) is 21.5 Å². The maximum Gasteiger partial charge on any atom is 0.255 e. The van der Waals surface area contributed by atoms with Gasteiger partial charge >= 0.3 is 0 Å². The number of carbonyl (C=O) groups is 1. The minimum Gasteiger partial charge on any atom is -0.455 e. The number of rotatable bonds is 2. The lowest BCUT2D eigenvalue weighted by molar-refractivity contribution is 0.102. The highest BCUT2D eigenvalue weighted by Crippen LogP contribution is 2.25. The minimum atomic E-state index is -0.482. The number of hydrogen-bond donors (Lipinski definition) is 1. The smallest absolute Gasteiger partial charge is 0.255 e. The Hall–Kier alpha value is -3.47. The molecule has 4 aromatic rings. The molecule has 0 aliphatic rings. The SMILES string of the molecule is Cc1ccc2c(=O)c3ccc(NC(=O)c4cccc(F)c4)cc3oc2c1C. The summed E-state index contributed by atoms with van der Waals surface area (Å²) in [6.07, 6.45) is 0. The second kappa shape index (κ2) is 6.36. The van der Waals surface area contributed by atoms with Gasteiger partial charge in [0, 0.05) is 17.3 Å². The van der Waals surface area contributed by atoms with Crippen molar-refractivity contribution < 1.29 is 13.6 Å². The molecule has 27 heavy (non-hydrogen) atoms. The van der Waals surface area contributed by atoms with E-state index in [1.165, 1.54) is 18.2 Å². The van der Waals surface area contributed by atoms with Crippen molar-refractivity contribution in [2.75, 3.05) is 5.32 Å². The molecule has 4 nitrogen and oxygen atoms in total. The Kier molecular flexibility index (Phi) is 4.00. The standard InChI is InChI=1S/C22H16FNO3/c1-12-6-8-18-20(25)17-9-7-16(11-19(17)27-21(18)13(12)2)24-22(26)14-4-3-5-15(23)10-14/h3-11H,1-2H3,(H,24,26). The van der Waals surface area contributed by atoms with Gasteiger partial charge in [0.1, 0.15) is 17.0 Å². The van der Waals surface area contributed by atoms with Gasteiger partial charge in [0.25, 0.3) is 5.91 Å². The summed E-state index contributed by atoms with van der Waals surface area (Å²) >= 11 is 0. The lowest BCUT2D eigenvalue weighted by atomic mass is 10.0. The van der Waals surface area contributed by atoms with E-state index in [-0.39, 0.29) is 11.0 Å². The molecule has 0 radical (unpaired) electrons. The fourth-order valence-electron chi connectivity index (χ4n) is 3.06. The lowest BCUT2D eigenvalue weighted by Crippen LogP contribution is -2.12. The molecule has 0 spiro atoms. The summed E-state index contributed by atoms with van der Waals surface area (Å²) in [4.78, 5) is 25.1. The second-order valence-corrected chi connectivity index (χ2v) is 6.49. The first-order valence-corrected chi connectivity index (χ1v) is 8.48. The molecule has 1 amide bonds.